The van der Waals surface area contributed by atoms with Crippen molar-refractivity contribution in [3.63, 3.8) is 0 Å². The van der Waals surface area contributed by atoms with E-state index in [1.54, 1.807) is 11.7 Å². The summed E-state index contributed by atoms with van der Waals surface area (Å²) in [5.41, 5.74) is 2.13. The van der Waals surface area contributed by atoms with Gasteiger partial charge in [0.2, 0.25) is 5.91 Å². The Morgan fingerprint density at radius 3 is 3.00 bits per heavy atom. The van der Waals surface area contributed by atoms with Crippen molar-refractivity contribution in [2.45, 2.75) is 23.8 Å². The molecule has 0 saturated heterocycles. The Morgan fingerprint density at radius 2 is 2.57 bits per heavy atom. The third kappa shape index (κ3) is 2.46. The molecule has 0 radical (unpaired) electrons. The highest BCUT2D eigenvalue weighted by molar-refractivity contribution is 8.00. The van der Waals surface area contributed by atoms with Gasteiger partial charge >= 0.3 is 0 Å². The van der Waals surface area contributed by atoms with E-state index in [1.165, 1.54) is 18.1 Å². The average molecular weight is 215 g/mol. The Balaban J connectivity index is 2.66. The SMILES string of the molecule is CCC(Sc1ncnn1C)C(=O)NN. The molecule has 1 unspecified atom stereocenters. The number of aromatic nitrogens is 3. The van der Waals surface area contributed by atoms with Crippen LogP contribution in [0, 0.1) is 0 Å². The van der Waals surface area contributed by atoms with Crippen LogP contribution >= 0.6 is 11.8 Å². The van der Waals surface area contributed by atoms with Gasteiger partial charge in [-0.05, 0) is 6.42 Å². The zero-order valence-corrected chi connectivity index (χ0v) is 8.91. The van der Waals surface area contributed by atoms with E-state index in [0.29, 0.717) is 11.6 Å². The molecule has 1 aromatic heterocycles. The van der Waals surface area contributed by atoms with E-state index in [-0.39, 0.29) is 11.2 Å². The van der Waals surface area contributed by atoms with Gasteiger partial charge < -0.3 is 0 Å². The first kappa shape index (κ1) is 11.0. The highest BCUT2D eigenvalue weighted by atomic mass is 32.2. The van der Waals surface area contributed by atoms with Crippen LogP contribution in [0.15, 0.2) is 11.5 Å². The van der Waals surface area contributed by atoms with E-state index < -0.39 is 0 Å². The summed E-state index contributed by atoms with van der Waals surface area (Å²) < 4.78 is 1.62. The predicted octanol–water partition coefficient (Wildman–Crippen LogP) is -0.324. The normalized spacial score (nSPS) is 12.5. The third-order valence-electron chi connectivity index (χ3n) is 1.72. The van der Waals surface area contributed by atoms with Crippen LogP contribution in [0.1, 0.15) is 13.3 Å². The van der Waals surface area contributed by atoms with E-state index in [2.05, 4.69) is 15.5 Å². The molecule has 0 aliphatic carbocycles. The molecule has 1 rings (SSSR count). The first-order valence-electron chi connectivity index (χ1n) is 4.20. The fourth-order valence-electron chi connectivity index (χ4n) is 0.935. The maximum absolute atomic E-state index is 11.3. The molecule has 1 heterocycles. The maximum atomic E-state index is 11.3. The van der Waals surface area contributed by atoms with Crippen LogP contribution in [0.3, 0.4) is 0 Å². The Hall–Kier alpha value is -1.08. The molecule has 7 heteroatoms. The van der Waals surface area contributed by atoms with E-state index >= 15 is 0 Å². The molecule has 0 aliphatic rings. The van der Waals surface area contributed by atoms with Gasteiger partial charge in [0.05, 0.1) is 5.25 Å². The molecule has 0 aromatic carbocycles. The summed E-state index contributed by atoms with van der Waals surface area (Å²) in [7, 11) is 1.78. The van der Waals surface area contributed by atoms with Crippen molar-refractivity contribution in [2.75, 3.05) is 0 Å². The molecule has 6 nitrogen and oxygen atoms in total. The second-order valence-corrected chi connectivity index (χ2v) is 3.86. The highest BCUT2D eigenvalue weighted by Gasteiger charge is 2.18. The fourth-order valence-corrected chi connectivity index (χ4v) is 1.84. The minimum absolute atomic E-state index is 0.194. The number of hydrogen-bond donors (Lipinski definition) is 2. The third-order valence-corrected chi connectivity index (χ3v) is 3.14. The first-order chi connectivity index (χ1) is 6.69. The lowest BCUT2D eigenvalue weighted by Gasteiger charge is -2.10. The van der Waals surface area contributed by atoms with E-state index in [1.807, 2.05) is 6.92 Å². The van der Waals surface area contributed by atoms with Crippen molar-refractivity contribution in [3.05, 3.63) is 6.33 Å². The van der Waals surface area contributed by atoms with Gasteiger partial charge in [0.25, 0.3) is 0 Å². The number of nitrogens with zero attached hydrogens (tertiary/aromatic N) is 3. The van der Waals surface area contributed by atoms with Crippen LogP contribution in [-0.2, 0) is 11.8 Å². The van der Waals surface area contributed by atoms with Crippen molar-refractivity contribution >= 4 is 17.7 Å². The largest absolute Gasteiger partial charge is 0.293 e. The van der Waals surface area contributed by atoms with Gasteiger partial charge in [-0.2, -0.15) is 5.10 Å². The molecule has 0 spiro atoms. The molecule has 78 valence electrons. The van der Waals surface area contributed by atoms with Gasteiger partial charge in [0.15, 0.2) is 5.16 Å². The standard InChI is InChI=1S/C7H13N5OS/c1-3-5(6(13)11-8)14-7-9-4-10-12(7)2/h4-5H,3,8H2,1-2H3,(H,11,13). The van der Waals surface area contributed by atoms with Crippen LogP contribution in [0.4, 0.5) is 0 Å². The Morgan fingerprint density at radius 1 is 1.86 bits per heavy atom. The van der Waals surface area contributed by atoms with Crippen LogP contribution < -0.4 is 11.3 Å². The van der Waals surface area contributed by atoms with Gasteiger partial charge in [0, 0.05) is 7.05 Å². The van der Waals surface area contributed by atoms with Crippen LogP contribution in [0.2, 0.25) is 0 Å². The molecule has 1 aromatic rings. The number of carbonyl (C=O) groups is 1. The molecule has 14 heavy (non-hydrogen) atoms. The lowest BCUT2D eigenvalue weighted by molar-refractivity contribution is -0.120. The van der Waals surface area contributed by atoms with Crippen molar-refractivity contribution in [3.8, 4) is 0 Å². The number of carbonyl (C=O) groups excluding carboxylic acids is 1. The van der Waals surface area contributed by atoms with Crippen LogP contribution in [0.25, 0.3) is 0 Å². The van der Waals surface area contributed by atoms with Gasteiger partial charge in [0.1, 0.15) is 6.33 Å². The average Bonchev–Trinajstić information content (AvgIpc) is 2.59. The minimum atomic E-state index is -0.220. The predicted molar refractivity (Wildman–Crippen MR) is 53.3 cm³/mol. The molecule has 0 bridgehead atoms. The Bertz CT molecular complexity index is 313. The summed E-state index contributed by atoms with van der Waals surface area (Å²) in [6.45, 7) is 1.92. The zero-order valence-electron chi connectivity index (χ0n) is 8.10. The molecule has 0 fully saturated rings. The Labute approximate surface area is 86.2 Å². The number of nitrogens with one attached hydrogen (secondary N) is 1. The lowest BCUT2D eigenvalue weighted by Crippen LogP contribution is -2.37. The maximum Gasteiger partial charge on any atom is 0.247 e. The van der Waals surface area contributed by atoms with Gasteiger partial charge in [-0.25, -0.2) is 15.5 Å². The molecular formula is C7H13N5OS. The Kier molecular flexibility index (Phi) is 3.90. The molecular weight excluding hydrogens is 202 g/mol. The summed E-state index contributed by atoms with van der Waals surface area (Å²) in [5.74, 6) is 4.87. The first-order valence-corrected chi connectivity index (χ1v) is 5.08. The second kappa shape index (κ2) is 4.97. The molecule has 1 amide bonds. The van der Waals surface area contributed by atoms with Crippen LogP contribution in [0.5, 0.6) is 0 Å². The number of hydrogen-bond acceptors (Lipinski definition) is 5. The van der Waals surface area contributed by atoms with E-state index in [9.17, 15) is 4.79 Å². The number of nitrogens with two attached hydrogens (primary N) is 1. The van der Waals surface area contributed by atoms with E-state index in [0.717, 1.165) is 0 Å². The summed E-state index contributed by atoms with van der Waals surface area (Å²) in [4.78, 5) is 15.3. The molecule has 0 saturated carbocycles. The molecule has 3 N–H and O–H groups in total. The quantitative estimate of drug-likeness (QED) is 0.311. The van der Waals surface area contributed by atoms with Gasteiger partial charge in [-0.3, -0.25) is 10.2 Å². The number of aryl methyl sites for hydroxylation is 1. The topological polar surface area (TPSA) is 85.8 Å². The van der Waals surface area contributed by atoms with Crippen molar-refractivity contribution in [1.29, 1.82) is 0 Å². The summed E-state index contributed by atoms with van der Waals surface area (Å²) in [6.07, 6.45) is 2.15. The number of rotatable bonds is 4. The number of amides is 1. The number of thioether (sulfide) groups is 1. The summed E-state index contributed by atoms with van der Waals surface area (Å²) >= 11 is 1.35. The van der Waals surface area contributed by atoms with Gasteiger partial charge in [-0.1, -0.05) is 18.7 Å². The molecule has 1 atom stereocenters. The van der Waals surface area contributed by atoms with Crippen molar-refractivity contribution in [1.82, 2.24) is 20.2 Å². The van der Waals surface area contributed by atoms with E-state index in [4.69, 9.17) is 5.84 Å². The zero-order chi connectivity index (χ0) is 10.6. The highest BCUT2D eigenvalue weighted by Crippen LogP contribution is 2.22. The summed E-state index contributed by atoms with van der Waals surface area (Å²) in [5, 5.41) is 4.40. The number of hydrazine groups is 1. The monoisotopic (exact) mass is 215 g/mol. The lowest BCUT2D eigenvalue weighted by atomic mass is 10.3. The smallest absolute Gasteiger partial charge is 0.247 e. The molecule has 0 aliphatic heterocycles. The van der Waals surface area contributed by atoms with Crippen LogP contribution in [-0.4, -0.2) is 25.9 Å². The van der Waals surface area contributed by atoms with Gasteiger partial charge in [-0.15, -0.1) is 0 Å². The van der Waals surface area contributed by atoms with Crippen molar-refractivity contribution < 1.29 is 4.79 Å². The second-order valence-electron chi connectivity index (χ2n) is 2.69. The van der Waals surface area contributed by atoms with Crippen molar-refractivity contribution in [2.24, 2.45) is 12.9 Å². The summed E-state index contributed by atoms with van der Waals surface area (Å²) in [6, 6.07) is 0. The fraction of sp³-hybridized carbons (Fsp3) is 0.571. The minimum Gasteiger partial charge on any atom is -0.293 e.